The van der Waals surface area contributed by atoms with Gasteiger partial charge >= 0.3 is 7.75 Å². The number of hydrogen-bond acceptors (Lipinski definition) is 1. The molecule has 0 heterocycles. The number of unbranched alkanes of at least 4 members (excludes halogenated alkanes) is 16. The van der Waals surface area contributed by atoms with Crippen molar-refractivity contribution in [3.8, 4) is 0 Å². The molecule has 0 aliphatic heterocycles. The van der Waals surface area contributed by atoms with E-state index < -0.39 is 7.75 Å². The second-order valence-electron chi connectivity index (χ2n) is 7.11. The molecular formula is C19H42NO3P. The van der Waals surface area contributed by atoms with Crippen molar-refractivity contribution in [1.82, 2.24) is 5.09 Å². The van der Waals surface area contributed by atoms with Gasteiger partial charge in [0.25, 0.3) is 0 Å². The van der Waals surface area contributed by atoms with E-state index in [1.165, 1.54) is 96.3 Å². The number of nitrogens with one attached hydrogen (secondary N) is 1. The zero-order valence-corrected chi connectivity index (χ0v) is 16.9. The summed E-state index contributed by atoms with van der Waals surface area (Å²) in [6.45, 7) is 2.69. The molecule has 5 heteroatoms. The van der Waals surface area contributed by atoms with Crippen molar-refractivity contribution < 1.29 is 14.4 Å². The highest BCUT2D eigenvalue weighted by Gasteiger charge is 2.09. The average Bonchev–Trinajstić information content (AvgIpc) is 2.52. The fourth-order valence-corrected chi connectivity index (χ4v) is 3.52. The molecule has 0 aromatic heterocycles. The lowest BCUT2D eigenvalue weighted by atomic mass is 10.0. The molecule has 0 atom stereocenters. The summed E-state index contributed by atoms with van der Waals surface area (Å²) in [6.07, 6.45) is 22.5. The SMILES string of the molecule is CCCCCCCCCCCCCCCCCCCNP(=O)(O)O. The zero-order valence-electron chi connectivity index (χ0n) is 16.0. The number of rotatable bonds is 19. The molecule has 4 nitrogen and oxygen atoms in total. The van der Waals surface area contributed by atoms with E-state index in [1.54, 1.807) is 0 Å². The monoisotopic (exact) mass is 363 g/mol. The van der Waals surface area contributed by atoms with Crippen molar-refractivity contribution >= 4 is 7.75 Å². The van der Waals surface area contributed by atoms with Gasteiger partial charge in [-0.2, -0.15) is 0 Å². The maximum Gasteiger partial charge on any atom is 0.400 e. The van der Waals surface area contributed by atoms with Crippen LogP contribution in [0.2, 0.25) is 0 Å². The minimum absolute atomic E-state index is 0.420. The van der Waals surface area contributed by atoms with Crippen LogP contribution < -0.4 is 5.09 Å². The molecule has 0 aromatic rings. The Labute approximate surface area is 150 Å². The van der Waals surface area contributed by atoms with Crippen molar-refractivity contribution in [2.75, 3.05) is 6.54 Å². The standard InChI is InChI=1S/C19H42NO3P/c1-2-3-4-5-6-7-8-9-10-11-12-13-14-15-16-17-18-19-20-24(21,22)23/h2-19H2,1H3,(H3,20,21,22,23). The summed E-state index contributed by atoms with van der Waals surface area (Å²) >= 11 is 0. The van der Waals surface area contributed by atoms with Crippen LogP contribution in [0.25, 0.3) is 0 Å². The Balaban J connectivity index is 3.02. The van der Waals surface area contributed by atoms with Gasteiger partial charge in [0, 0.05) is 6.54 Å². The predicted octanol–water partition coefficient (Wildman–Crippen LogP) is 6.32. The summed E-state index contributed by atoms with van der Waals surface area (Å²) in [5.41, 5.74) is 0. The minimum atomic E-state index is -4.01. The molecule has 0 aromatic carbocycles. The first-order valence-corrected chi connectivity index (χ1v) is 12.0. The highest BCUT2D eigenvalue weighted by atomic mass is 31.2. The maximum atomic E-state index is 10.6. The van der Waals surface area contributed by atoms with Crippen LogP contribution in [0.5, 0.6) is 0 Å². The largest absolute Gasteiger partial charge is 0.400 e. The van der Waals surface area contributed by atoms with E-state index in [4.69, 9.17) is 9.79 Å². The van der Waals surface area contributed by atoms with Gasteiger partial charge < -0.3 is 9.79 Å². The van der Waals surface area contributed by atoms with Gasteiger partial charge in [-0.05, 0) is 6.42 Å². The van der Waals surface area contributed by atoms with Crippen molar-refractivity contribution in [1.29, 1.82) is 0 Å². The van der Waals surface area contributed by atoms with Gasteiger partial charge in [-0.3, -0.25) is 0 Å². The van der Waals surface area contributed by atoms with Crippen LogP contribution in [0.3, 0.4) is 0 Å². The maximum absolute atomic E-state index is 10.6. The summed E-state index contributed by atoms with van der Waals surface area (Å²) in [4.78, 5) is 17.3. The molecule has 24 heavy (non-hydrogen) atoms. The molecule has 0 aliphatic carbocycles. The van der Waals surface area contributed by atoms with E-state index in [2.05, 4.69) is 12.0 Å². The van der Waals surface area contributed by atoms with Crippen LogP contribution >= 0.6 is 7.75 Å². The van der Waals surface area contributed by atoms with Crippen LogP contribution in [-0.2, 0) is 4.57 Å². The van der Waals surface area contributed by atoms with Gasteiger partial charge in [0.15, 0.2) is 0 Å². The van der Waals surface area contributed by atoms with E-state index in [9.17, 15) is 4.57 Å². The second-order valence-corrected chi connectivity index (χ2v) is 8.51. The molecule has 0 aliphatic rings. The van der Waals surface area contributed by atoms with Crippen molar-refractivity contribution in [2.24, 2.45) is 0 Å². The van der Waals surface area contributed by atoms with Crippen LogP contribution in [0.4, 0.5) is 0 Å². The summed E-state index contributed by atoms with van der Waals surface area (Å²) < 4.78 is 10.6. The Kier molecular flexibility index (Phi) is 18.0. The molecule has 3 N–H and O–H groups in total. The molecule has 0 rings (SSSR count). The van der Waals surface area contributed by atoms with Gasteiger partial charge in [-0.25, -0.2) is 9.65 Å². The van der Waals surface area contributed by atoms with Gasteiger partial charge in [0.2, 0.25) is 0 Å². The topological polar surface area (TPSA) is 69.6 Å². The minimum Gasteiger partial charge on any atom is -0.313 e. The van der Waals surface area contributed by atoms with Crippen LogP contribution in [-0.4, -0.2) is 16.3 Å². The lowest BCUT2D eigenvalue weighted by molar-refractivity contribution is 0.356. The van der Waals surface area contributed by atoms with Gasteiger partial charge in [-0.1, -0.05) is 110 Å². The first-order valence-electron chi connectivity index (χ1n) is 10.4. The molecule has 0 saturated heterocycles. The molecule has 0 bridgehead atoms. The fraction of sp³-hybridized carbons (Fsp3) is 1.00. The van der Waals surface area contributed by atoms with Crippen LogP contribution in [0, 0.1) is 0 Å². The Morgan fingerprint density at radius 3 is 1.17 bits per heavy atom. The van der Waals surface area contributed by atoms with E-state index in [0.717, 1.165) is 12.8 Å². The number of hydrogen-bond donors (Lipinski definition) is 3. The first-order chi connectivity index (χ1) is 11.6. The van der Waals surface area contributed by atoms with Crippen molar-refractivity contribution in [3.63, 3.8) is 0 Å². The molecule has 0 fully saturated rings. The Hall–Kier alpha value is 0.110. The normalized spacial score (nSPS) is 12.0. The van der Waals surface area contributed by atoms with E-state index in [-0.39, 0.29) is 0 Å². The van der Waals surface area contributed by atoms with Gasteiger partial charge in [0.05, 0.1) is 0 Å². The van der Waals surface area contributed by atoms with E-state index in [1.807, 2.05) is 0 Å². The van der Waals surface area contributed by atoms with Crippen molar-refractivity contribution in [2.45, 2.75) is 116 Å². The van der Waals surface area contributed by atoms with Gasteiger partial charge in [0.1, 0.15) is 0 Å². The molecule has 0 spiro atoms. The molecule has 0 amide bonds. The summed E-state index contributed by atoms with van der Waals surface area (Å²) in [7, 11) is -4.01. The third kappa shape index (κ3) is 22.1. The summed E-state index contributed by atoms with van der Waals surface area (Å²) in [5.74, 6) is 0. The molecule has 0 radical (unpaired) electrons. The Morgan fingerprint density at radius 2 is 0.875 bits per heavy atom. The molecule has 0 unspecified atom stereocenters. The summed E-state index contributed by atoms with van der Waals surface area (Å²) in [5, 5.41) is 2.24. The van der Waals surface area contributed by atoms with E-state index in [0.29, 0.717) is 6.54 Å². The highest BCUT2D eigenvalue weighted by molar-refractivity contribution is 7.49. The quantitative estimate of drug-likeness (QED) is 0.185. The third-order valence-electron chi connectivity index (χ3n) is 4.60. The zero-order chi connectivity index (χ0) is 17.9. The molecular weight excluding hydrogens is 321 g/mol. The second kappa shape index (κ2) is 17.9. The first kappa shape index (κ1) is 24.1. The average molecular weight is 364 g/mol. The highest BCUT2D eigenvalue weighted by Crippen LogP contribution is 2.27. The summed E-state index contributed by atoms with van der Waals surface area (Å²) in [6, 6.07) is 0. The predicted molar refractivity (Wildman–Crippen MR) is 104 cm³/mol. The van der Waals surface area contributed by atoms with Gasteiger partial charge in [-0.15, -0.1) is 0 Å². The smallest absolute Gasteiger partial charge is 0.313 e. The van der Waals surface area contributed by atoms with E-state index >= 15 is 0 Å². The molecule has 146 valence electrons. The van der Waals surface area contributed by atoms with Crippen molar-refractivity contribution in [3.05, 3.63) is 0 Å². The Bertz CT molecular complexity index is 294. The Morgan fingerprint density at radius 1 is 0.583 bits per heavy atom. The third-order valence-corrected chi connectivity index (χ3v) is 5.23. The lowest BCUT2D eigenvalue weighted by Crippen LogP contribution is -2.10. The lowest BCUT2D eigenvalue weighted by Gasteiger charge is -2.06. The molecule has 0 saturated carbocycles. The van der Waals surface area contributed by atoms with Crippen LogP contribution in [0.15, 0.2) is 0 Å². The fourth-order valence-electron chi connectivity index (χ4n) is 3.07. The van der Waals surface area contributed by atoms with Crippen LogP contribution in [0.1, 0.15) is 116 Å².